The summed E-state index contributed by atoms with van der Waals surface area (Å²) >= 11 is 0. The maximum absolute atomic E-state index is 9.97. The second-order valence-corrected chi connectivity index (χ2v) is 6.69. The van der Waals surface area contributed by atoms with Crippen molar-refractivity contribution < 1.29 is 24.4 Å². The lowest BCUT2D eigenvalue weighted by molar-refractivity contribution is -0.186. The fourth-order valence-electron chi connectivity index (χ4n) is 3.33. The molecular formula is C18H32N2O5. The van der Waals surface area contributed by atoms with Crippen LogP contribution in [0.25, 0.3) is 0 Å². The molecule has 7 heteroatoms. The van der Waals surface area contributed by atoms with Crippen molar-refractivity contribution in [1.82, 2.24) is 9.78 Å². The first-order chi connectivity index (χ1) is 12.0. The average Bonchev–Trinajstić information content (AvgIpc) is 2.89. The van der Waals surface area contributed by atoms with Gasteiger partial charge in [-0.3, -0.25) is 4.68 Å². The van der Waals surface area contributed by atoms with E-state index in [1.807, 2.05) is 4.68 Å². The number of rotatable bonds is 9. The van der Waals surface area contributed by atoms with Crippen molar-refractivity contribution in [1.29, 1.82) is 0 Å². The van der Waals surface area contributed by atoms with Gasteiger partial charge in [-0.25, -0.2) is 0 Å². The Hall–Kier alpha value is -1.15. The first kappa shape index (κ1) is 20.2. The zero-order valence-corrected chi connectivity index (χ0v) is 15.8. The highest BCUT2D eigenvalue weighted by molar-refractivity contribution is 5.31. The van der Waals surface area contributed by atoms with Crippen molar-refractivity contribution in [3.05, 3.63) is 11.3 Å². The lowest BCUT2D eigenvalue weighted by Crippen LogP contribution is -2.40. The Morgan fingerprint density at radius 2 is 2.12 bits per heavy atom. The van der Waals surface area contributed by atoms with Crippen molar-refractivity contribution >= 4 is 0 Å². The molecule has 25 heavy (non-hydrogen) atoms. The van der Waals surface area contributed by atoms with Crippen LogP contribution in [0, 0.1) is 6.92 Å². The van der Waals surface area contributed by atoms with Gasteiger partial charge in [-0.2, -0.15) is 0 Å². The van der Waals surface area contributed by atoms with Gasteiger partial charge in [0.1, 0.15) is 0 Å². The van der Waals surface area contributed by atoms with E-state index >= 15 is 0 Å². The number of aliphatic hydroxyl groups excluding tert-OH is 2. The maximum Gasteiger partial charge on any atom is 0.238 e. The molecule has 0 spiro atoms. The molecule has 4 unspecified atom stereocenters. The predicted octanol–water partition coefficient (Wildman–Crippen LogP) is 1.98. The molecule has 1 aromatic heterocycles. The highest BCUT2D eigenvalue weighted by Crippen LogP contribution is 2.30. The standard InChI is InChI=1S/C18H32N2O5/c1-5-7-16-12(3)20(13(6-2)11-23-4)19-18(16)25-17-9-14(22)8-15(10-21)24-17/h13-15,17,21-22H,5-11H2,1-4H3. The number of aromatic nitrogens is 2. The molecule has 0 aromatic carbocycles. The van der Waals surface area contributed by atoms with E-state index in [4.69, 9.17) is 14.2 Å². The first-order valence-corrected chi connectivity index (χ1v) is 9.21. The zero-order valence-electron chi connectivity index (χ0n) is 15.8. The molecule has 0 radical (unpaired) electrons. The highest BCUT2D eigenvalue weighted by atomic mass is 16.7. The lowest BCUT2D eigenvalue weighted by Gasteiger charge is -2.31. The molecule has 2 heterocycles. The summed E-state index contributed by atoms with van der Waals surface area (Å²) in [5, 5.41) is 24.0. The zero-order chi connectivity index (χ0) is 18.4. The molecule has 0 amide bonds. The second kappa shape index (κ2) is 9.52. The van der Waals surface area contributed by atoms with Crippen molar-refractivity contribution in [3.8, 4) is 5.88 Å². The molecule has 1 fully saturated rings. The topological polar surface area (TPSA) is 86.0 Å². The summed E-state index contributed by atoms with van der Waals surface area (Å²) in [6.45, 7) is 6.75. The number of hydrogen-bond acceptors (Lipinski definition) is 6. The average molecular weight is 356 g/mol. The molecule has 2 N–H and O–H groups in total. The Morgan fingerprint density at radius 3 is 2.72 bits per heavy atom. The summed E-state index contributed by atoms with van der Waals surface area (Å²) in [5.74, 6) is 0.560. The second-order valence-electron chi connectivity index (χ2n) is 6.69. The van der Waals surface area contributed by atoms with Gasteiger partial charge in [-0.1, -0.05) is 20.3 Å². The number of nitrogens with zero attached hydrogens (tertiary/aromatic N) is 2. The maximum atomic E-state index is 9.97. The van der Waals surface area contributed by atoms with E-state index in [-0.39, 0.29) is 12.6 Å². The largest absolute Gasteiger partial charge is 0.446 e. The third kappa shape index (κ3) is 4.94. The van der Waals surface area contributed by atoms with E-state index in [9.17, 15) is 10.2 Å². The molecule has 1 aliphatic heterocycles. The van der Waals surface area contributed by atoms with Gasteiger partial charge >= 0.3 is 0 Å². The molecular weight excluding hydrogens is 324 g/mol. The molecule has 4 atom stereocenters. The summed E-state index contributed by atoms with van der Waals surface area (Å²) in [7, 11) is 1.69. The molecule has 0 bridgehead atoms. The van der Waals surface area contributed by atoms with Crippen LogP contribution in [0.15, 0.2) is 0 Å². The van der Waals surface area contributed by atoms with Crippen LogP contribution < -0.4 is 4.74 Å². The van der Waals surface area contributed by atoms with E-state index in [1.54, 1.807) is 7.11 Å². The lowest BCUT2D eigenvalue weighted by atomic mass is 10.1. The van der Waals surface area contributed by atoms with Crippen LogP contribution in [0.5, 0.6) is 5.88 Å². The van der Waals surface area contributed by atoms with Gasteiger partial charge in [0.25, 0.3) is 0 Å². The van der Waals surface area contributed by atoms with Crippen LogP contribution in [0.1, 0.15) is 56.8 Å². The Morgan fingerprint density at radius 1 is 1.36 bits per heavy atom. The Bertz CT molecular complexity index is 534. The van der Waals surface area contributed by atoms with Gasteiger partial charge < -0.3 is 24.4 Å². The summed E-state index contributed by atoms with van der Waals surface area (Å²) in [6.07, 6.45) is 2.03. The molecule has 144 valence electrons. The van der Waals surface area contributed by atoms with Gasteiger partial charge in [0.05, 0.1) is 31.5 Å². The van der Waals surface area contributed by atoms with Crippen LogP contribution in [-0.2, 0) is 15.9 Å². The van der Waals surface area contributed by atoms with Crippen LogP contribution in [0.3, 0.4) is 0 Å². The summed E-state index contributed by atoms with van der Waals surface area (Å²) < 4.78 is 19.0. The van der Waals surface area contributed by atoms with Gasteiger partial charge in [-0.15, -0.1) is 5.10 Å². The van der Waals surface area contributed by atoms with E-state index in [1.165, 1.54) is 0 Å². The minimum absolute atomic E-state index is 0.127. The molecule has 2 rings (SSSR count). The van der Waals surface area contributed by atoms with Gasteiger partial charge in [-0.05, 0) is 19.8 Å². The van der Waals surface area contributed by atoms with Gasteiger partial charge in [0, 0.05) is 31.2 Å². The summed E-state index contributed by atoms with van der Waals surface area (Å²) in [4.78, 5) is 0. The normalized spacial score (nSPS) is 25.1. The number of methoxy groups -OCH3 is 1. The van der Waals surface area contributed by atoms with Gasteiger partial charge in [0.2, 0.25) is 12.2 Å². The smallest absolute Gasteiger partial charge is 0.238 e. The minimum Gasteiger partial charge on any atom is -0.446 e. The first-order valence-electron chi connectivity index (χ1n) is 9.21. The molecule has 1 aromatic rings. The predicted molar refractivity (Wildman–Crippen MR) is 93.8 cm³/mol. The van der Waals surface area contributed by atoms with E-state index in [0.29, 0.717) is 25.3 Å². The summed E-state index contributed by atoms with van der Waals surface area (Å²) in [6, 6.07) is 0.154. The van der Waals surface area contributed by atoms with Crippen molar-refractivity contribution in [2.24, 2.45) is 0 Å². The van der Waals surface area contributed by atoms with Crippen LogP contribution in [0.4, 0.5) is 0 Å². The van der Waals surface area contributed by atoms with Crippen molar-refractivity contribution in [2.75, 3.05) is 20.3 Å². The highest BCUT2D eigenvalue weighted by Gasteiger charge is 2.31. The Kier molecular flexibility index (Phi) is 7.68. The molecule has 0 saturated carbocycles. The number of ether oxygens (including phenoxy) is 3. The summed E-state index contributed by atoms with van der Waals surface area (Å²) in [5.41, 5.74) is 2.15. The number of hydrogen-bond donors (Lipinski definition) is 2. The third-order valence-corrected chi connectivity index (χ3v) is 4.70. The van der Waals surface area contributed by atoms with Crippen molar-refractivity contribution in [2.45, 2.75) is 77.4 Å². The van der Waals surface area contributed by atoms with E-state index in [2.05, 4.69) is 25.9 Å². The van der Waals surface area contributed by atoms with Crippen LogP contribution >= 0.6 is 0 Å². The fourth-order valence-corrected chi connectivity index (χ4v) is 3.33. The van der Waals surface area contributed by atoms with Crippen LogP contribution in [0.2, 0.25) is 0 Å². The minimum atomic E-state index is -0.596. The van der Waals surface area contributed by atoms with Crippen molar-refractivity contribution in [3.63, 3.8) is 0 Å². The number of aliphatic hydroxyl groups is 2. The fraction of sp³-hybridized carbons (Fsp3) is 0.833. The molecule has 1 aliphatic rings. The quantitative estimate of drug-likeness (QED) is 0.704. The molecule has 0 aliphatic carbocycles. The van der Waals surface area contributed by atoms with Crippen LogP contribution in [-0.4, -0.2) is 58.8 Å². The monoisotopic (exact) mass is 356 g/mol. The Balaban J connectivity index is 2.23. The Labute approximate surface area is 149 Å². The SMILES string of the molecule is CCCc1c(OC2CC(O)CC(CO)O2)nn(C(CC)COC)c1C. The third-order valence-electron chi connectivity index (χ3n) is 4.70. The van der Waals surface area contributed by atoms with E-state index < -0.39 is 18.5 Å². The molecule has 7 nitrogen and oxygen atoms in total. The van der Waals surface area contributed by atoms with Gasteiger partial charge in [0.15, 0.2) is 0 Å². The molecule has 1 saturated heterocycles. The van der Waals surface area contributed by atoms with E-state index in [0.717, 1.165) is 30.5 Å².